The number of carbonyl (C=O) groups excluding carboxylic acids is 1. The molecule has 0 radical (unpaired) electrons. The van der Waals surface area contributed by atoms with Gasteiger partial charge in [-0.15, -0.1) is 0 Å². The summed E-state index contributed by atoms with van der Waals surface area (Å²) in [6, 6.07) is -0.0292. The Hall–Kier alpha value is -1.65. The number of aromatic nitrogens is 2. The minimum atomic E-state index is -0.388. The van der Waals surface area contributed by atoms with E-state index >= 15 is 0 Å². The second kappa shape index (κ2) is 3.01. The van der Waals surface area contributed by atoms with Gasteiger partial charge in [0.1, 0.15) is 6.33 Å². The topological polar surface area (TPSA) is 64.1 Å². The van der Waals surface area contributed by atoms with Crippen LogP contribution in [0.25, 0.3) is 0 Å². The van der Waals surface area contributed by atoms with Gasteiger partial charge in [-0.25, -0.2) is 14.8 Å². The molecule has 5 heteroatoms. The second-order valence-electron chi connectivity index (χ2n) is 2.93. The molecule has 1 saturated heterocycles. The minimum absolute atomic E-state index is 0.0292. The smallest absolute Gasteiger partial charge is 0.408 e. The molecule has 0 spiro atoms. The van der Waals surface area contributed by atoms with Crippen LogP contribution in [0.5, 0.6) is 0 Å². The molecule has 5 nitrogen and oxygen atoms in total. The predicted molar refractivity (Wildman–Crippen MR) is 43.9 cm³/mol. The molecule has 1 aliphatic rings. The third-order valence-corrected chi connectivity index (χ3v) is 1.94. The van der Waals surface area contributed by atoms with Gasteiger partial charge in [-0.3, -0.25) is 0 Å². The molecule has 0 aromatic carbocycles. The van der Waals surface area contributed by atoms with Crippen LogP contribution in [0.4, 0.5) is 4.79 Å². The van der Waals surface area contributed by atoms with Gasteiger partial charge in [0.25, 0.3) is 0 Å². The Bertz CT molecular complexity index is 314. The van der Waals surface area contributed by atoms with Crippen molar-refractivity contribution in [3.63, 3.8) is 0 Å². The first-order valence-electron chi connectivity index (χ1n) is 3.99. The lowest BCUT2D eigenvalue weighted by atomic mass is 10.1. The summed E-state index contributed by atoms with van der Waals surface area (Å²) in [5.41, 5.74) is 0.813. The molecule has 1 aliphatic heterocycles. The summed E-state index contributed by atoms with van der Waals surface area (Å²) >= 11 is 0. The average molecular weight is 179 g/mol. The number of carbonyl (C=O) groups is 1. The first-order chi connectivity index (χ1) is 6.27. The molecule has 1 aromatic rings. The lowest BCUT2D eigenvalue weighted by Gasteiger charge is -2.10. The second-order valence-corrected chi connectivity index (χ2v) is 2.93. The minimum Gasteiger partial charge on any atom is -0.439 e. The van der Waals surface area contributed by atoms with E-state index in [0.29, 0.717) is 0 Å². The summed E-state index contributed by atoms with van der Waals surface area (Å²) in [7, 11) is 0. The van der Waals surface area contributed by atoms with Crippen LogP contribution in [0.2, 0.25) is 0 Å². The van der Waals surface area contributed by atoms with Crippen molar-refractivity contribution in [3.8, 4) is 0 Å². The van der Waals surface area contributed by atoms with Crippen LogP contribution in [-0.2, 0) is 4.74 Å². The van der Waals surface area contributed by atoms with Crippen LogP contribution in [0.1, 0.15) is 18.6 Å². The van der Waals surface area contributed by atoms with E-state index in [1.165, 1.54) is 6.33 Å². The Morgan fingerprint density at radius 2 is 2.15 bits per heavy atom. The normalized spacial score (nSPS) is 26.7. The number of hydrogen-bond donors (Lipinski definition) is 1. The lowest BCUT2D eigenvalue weighted by Crippen LogP contribution is -2.23. The van der Waals surface area contributed by atoms with Gasteiger partial charge in [0.15, 0.2) is 6.10 Å². The molecule has 0 unspecified atom stereocenters. The molecular weight excluding hydrogens is 170 g/mol. The molecule has 2 rings (SSSR count). The monoisotopic (exact) mass is 179 g/mol. The van der Waals surface area contributed by atoms with Crippen LogP contribution in [0.3, 0.4) is 0 Å². The maximum absolute atomic E-state index is 10.9. The highest BCUT2D eigenvalue weighted by molar-refractivity contribution is 5.70. The van der Waals surface area contributed by atoms with Crippen molar-refractivity contribution in [1.82, 2.24) is 15.3 Å². The number of amides is 1. The molecule has 68 valence electrons. The molecule has 2 atom stereocenters. The van der Waals surface area contributed by atoms with Gasteiger partial charge in [0, 0.05) is 18.0 Å². The Morgan fingerprint density at radius 3 is 2.69 bits per heavy atom. The van der Waals surface area contributed by atoms with Crippen molar-refractivity contribution >= 4 is 6.09 Å². The van der Waals surface area contributed by atoms with Crippen LogP contribution < -0.4 is 5.32 Å². The van der Waals surface area contributed by atoms with Crippen LogP contribution >= 0.6 is 0 Å². The molecule has 0 bridgehead atoms. The fraction of sp³-hybridized carbons (Fsp3) is 0.375. The van der Waals surface area contributed by atoms with E-state index < -0.39 is 0 Å². The molecule has 1 N–H and O–H groups in total. The number of rotatable bonds is 1. The quantitative estimate of drug-likeness (QED) is 0.687. The van der Waals surface area contributed by atoms with Crippen molar-refractivity contribution in [2.24, 2.45) is 0 Å². The Morgan fingerprint density at radius 1 is 1.46 bits per heavy atom. The molecule has 2 heterocycles. The summed E-state index contributed by atoms with van der Waals surface area (Å²) in [5.74, 6) is 0. The Balaban J connectivity index is 2.23. The largest absolute Gasteiger partial charge is 0.439 e. The zero-order valence-corrected chi connectivity index (χ0v) is 7.10. The predicted octanol–water partition coefficient (Wildman–Crippen LogP) is 0.646. The van der Waals surface area contributed by atoms with Crippen LogP contribution in [-0.4, -0.2) is 22.1 Å². The SMILES string of the molecule is C[C@@H]1NC(=O)O[C@@H]1c1cncnc1. The molecule has 1 fully saturated rings. The fourth-order valence-corrected chi connectivity index (χ4v) is 1.33. The standard InChI is InChI=1S/C8H9N3O2/c1-5-7(13-8(12)11-5)6-2-9-4-10-3-6/h2-5,7H,1H3,(H,11,12)/t5-,7-/m0/s1. The third-order valence-electron chi connectivity index (χ3n) is 1.94. The highest BCUT2D eigenvalue weighted by Gasteiger charge is 2.31. The van der Waals surface area contributed by atoms with Gasteiger partial charge in [0.2, 0.25) is 0 Å². The van der Waals surface area contributed by atoms with Gasteiger partial charge in [-0.2, -0.15) is 0 Å². The number of nitrogens with zero attached hydrogens (tertiary/aromatic N) is 2. The number of cyclic esters (lactones) is 1. The zero-order valence-electron chi connectivity index (χ0n) is 7.10. The van der Waals surface area contributed by atoms with Gasteiger partial charge in [-0.1, -0.05) is 0 Å². The summed E-state index contributed by atoms with van der Waals surface area (Å²) in [5, 5.41) is 2.65. The summed E-state index contributed by atoms with van der Waals surface area (Å²) in [4.78, 5) is 18.6. The molecule has 0 saturated carbocycles. The van der Waals surface area contributed by atoms with E-state index in [9.17, 15) is 4.79 Å². The average Bonchev–Trinajstić information content (AvgIpc) is 2.47. The van der Waals surface area contributed by atoms with E-state index in [1.54, 1.807) is 12.4 Å². The van der Waals surface area contributed by atoms with E-state index in [2.05, 4.69) is 15.3 Å². The Labute approximate surface area is 75.1 Å². The molecule has 1 amide bonds. The number of alkyl carbamates (subject to hydrolysis) is 1. The first kappa shape index (κ1) is 7.97. The zero-order chi connectivity index (χ0) is 9.26. The summed E-state index contributed by atoms with van der Waals surface area (Å²) < 4.78 is 5.03. The van der Waals surface area contributed by atoms with Gasteiger partial charge < -0.3 is 10.1 Å². The maximum Gasteiger partial charge on any atom is 0.408 e. The van der Waals surface area contributed by atoms with Gasteiger partial charge in [0.05, 0.1) is 6.04 Å². The summed E-state index contributed by atoms with van der Waals surface area (Å²) in [6.07, 6.45) is 4.08. The van der Waals surface area contributed by atoms with Gasteiger partial charge in [-0.05, 0) is 6.92 Å². The molecular formula is C8H9N3O2. The van der Waals surface area contributed by atoms with E-state index in [0.717, 1.165) is 5.56 Å². The van der Waals surface area contributed by atoms with E-state index in [-0.39, 0.29) is 18.2 Å². The Kier molecular flexibility index (Phi) is 1.84. The highest BCUT2D eigenvalue weighted by atomic mass is 16.6. The number of ether oxygens (including phenoxy) is 1. The lowest BCUT2D eigenvalue weighted by molar-refractivity contribution is 0.133. The van der Waals surface area contributed by atoms with E-state index in [1.807, 2.05) is 6.92 Å². The van der Waals surface area contributed by atoms with Crippen molar-refractivity contribution in [1.29, 1.82) is 0 Å². The molecule has 0 aliphatic carbocycles. The fourth-order valence-electron chi connectivity index (χ4n) is 1.33. The van der Waals surface area contributed by atoms with Crippen molar-refractivity contribution < 1.29 is 9.53 Å². The molecule has 13 heavy (non-hydrogen) atoms. The third kappa shape index (κ3) is 1.44. The molecule has 1 aromatic heterocycles. The van der Waals surface area contributed by atoms with Crippen molar-refractivity contribution in [2.45, 2.75) is 19.1 Å². The van der Waals surface area contributed by atoms with Gasteiger partial charge >= 0.3 is 6.09 Å². The van der Waals surface area contributed by atoms with Crippen molar-refractivity contribution in [3.05, 3.63) is 24.3 Å². The maximum atomic E-state index is 10.9. The van der Waals surface area contributed by atoms with Crippen molar-refractivity contribution in [2.75, 3.05) is 0 Å². The van der Waals surface area contributed by atoms with Crippen LogP contribution in [0, 0.1) is 0 Å². The first-order valence-corrected chi connectivity index (χ1v) is 3.99. The highest BCUT2D eigenvalue weighted by Crippen LogP contribution is 2.24. The van der Waals surface area contributed by atoms with E-state index in [4.69, 9.17) is 4.74 Å². The number of hydrogen-bond acceptors (Lipinski definition) is 4. The number of nitrogens with one attached hydrogen (secondary N) is 1. The summed E-state index contributed by atoms with van der Waals surface area (Å²) in [6.45, 7) is 1.88. The van der Waals surface area contributed by atoms with Crippen LogP contribution in [0.15, 0.2) is 18.7 Å².